The second-order valence-electron chi connectivity index (χ2n) is 3.22. The molecule has 1 aromatic heterocycles. The molecular formula is C9H8Br2N2. The number of halogens is 2. The lowest BCUT2D eigenvalue weighted by molar-refractivity contribution is 0.654. The van der Waals surface area contributed by atoms with E-state index in [9.17, 15) is 0 Å². The van der Waals surface area contributed by atoms with E-state index >= 15 is 0 Å². The molecule has 0 aromatic carbocycles. The first-order valence-electron chi connectivity index (χ1n) is 3.70. The minimum atomic E-state index is -0.556. The number of aromatic nitrogens is 1. The van der Waals surface area contributed by atoms with Crippen LogP contribution >= 0.6 is 31.9 Å². The first kappa shape index (κ1) is 10.7. The standard InChI is InChI=1S/C9H8Br2N2/c1-9(2,5-12)8-7(11)3-6(10)4-13-8/h3-4H,1-2H3. The van der Waals surface area contributed by atoms with Crippen molar-refractivity contribution >= 4 is 31.9 Å². The Hall–Kier alpha value is -0.400. The number of hydrogen-bond donors (Lipinski definition) is 0. The molecule has 0 aliphatic heterocycles. The Kier molecular flexibility index (Phi) is 3.09. The Morgan fingerprint density at radius 3 is 2.54 bits per heavy atom. The van der Waals surface area contributed by atoms with Crippen molar-refractivity contribution in [2.45, 2.75) is 19.3 Å². The molecule has 0 spiro atoms. The van der Waals surface area contributed by atoms with Gasteiger partial charge in [-0.05, 0) is 51.8 Å². The third-order valence-corrected chi connectivity index (χ3v) is 2.72. The minimum Gasteiger partial charge on any atom is -0.257 e. The summed E-state index contributed by atoms with van der Waals surface area (Å²) in [6.07, 6.45) is 1.69. The first-order valence-corrected chi connectivity index (χ1v) is 5.29. The van der Waals surface area contributed by atoms with Crippen LogP contribution in [0, 0.1) is 11.3 Å². The molecule has 0 saturated heterocycles. The summed E-state index contributed by atoms with van der Waals surface area (Å²) in [6, 6.07) is 4.10. The second kappa shape index (κ2) is 3.77. The lowest BCUT2D eigenvalue weighted by atomic mass is 9.91. The summed E-state index contributed by atoms with van der Waals surface area (Å²) in [4.78, 5) is 4.20. The molecule has 0 aliphatic rings. The number of pyridine rings is 1. The number of nitrogens with zero attached hydrogens (tertiary/aromatic N) is 2. The van der Waals surface area contributed by atoms with Gasteiger partial charge in [-0.1, -0.05) is 0 Å². The van der Waals surface area contributed by atoms with Gasteiger partial charge in [0, 0.05) is 15.1 Å². The van der Waals surface area contributed by atoms with Crippen molar-refractivity contribution in [2.24, 2.45) is 0 Å². The van der Waals surface area contributed by atoms with E-state index in [1.807, 2.05) is 19.9 Å². The maximum atomic E-state index is 8.92. The zero-order valence-electron chi connectivity index (χ0n) is 7.31. The lowest BCUT2D eigenvalue weighted by Gasteiger charge is -2.15. The normalized spacial score (nSPS) is 11.0. The summed E-state index contributed by atoms with van der Waals surface area (Å²) < 4.78 is 1.75. The highest BCUT2D eigenvalue weighted by atomic mass is 79.9. The maximum Gasteiger partial charge on any atom is 0.0948 e. The van der Waals surface area contributed by atoms with E-state index in [1.54, 1.807) is 6.20 Å². The van der Waals surface area contributed by atoms with E-state index < -0.39 is 5.41 Å². The van der Waals surface area contributed by atoms with Gasteiger partial charge < -0.3 is 0 Å². The lowest BCUT2D eigenvalue weighted by Crippen LogP contribution is -2.16. The largest absolute Gasteiger partial charge is 0.257 e. The molecule has 0 fully saturated rings. The van der Waals surface area contributed by atoms with Gasteiger partial charge in [0.1, 0.15) is 0 Å². The molecule has 1 aromatic rings. The summed E-state index contributed by atoms with van der Waals surface area (Å²) in [5.74, 6) is 0. The van der Waals surface area contributed by atoms with E-state index in [-0.39, 0.29) is 0 Å². The highest BCUT2D eigenvalue weighted by Crippen LogP contribution is 2.29. The maximum absolute atomic E-state index is 8.92. The van der Waals surface area contributed by atoms with Gasteiger partial charge in [0.25, 0.3) is 0 Å². The van der Waals surface area contributed by atoms with E-state index in [0.717, 1.165) is 14.6 Å². The van der Waals surface area contributed by atoms with Crippen LogP contribution in [-0.4, -0.2) is 4.98 Å². The monoisotopic (exact) mass is 302 g/mol. The molecule has 0 atom stereocenters. The fraction of sp³-hybridized carbons (Fsp3) is 0.333. The van der Waals surface area contributed by atoms with Gasteiger partial charge >= 0.3 is 0 Å². The molecule has 0 unspecified atom stereocenters. The molecule has 0 amide bonds. The van der Waals surface area contributed by atoms with E-state index in [1.165, 1.54) is 0 Å². The molecule has 0 bridgehead atoms. The van der Waals surface area contributed by atoms with Crippen LogP contribution in [0.15, 0.2) is 21.2 Å². The Labute approximate surface area is 94.2 Å². The number of hydrogen-bond acceptors (Lipinski definition) is 2. The zero-order valence-corrected chi connectivity index (χ0v) is 10.5. The third-order valence-electron chi connectivity index (χ3n) is 1.68. The quantitative estimate of drug-likeness (QED) is 0.797. The zero-order chi connectivity index (χ0) is 10.1. The van der Waals surface area contributed by atoms with Crippen LogP contribution in [0.25, 0.3) is 0 Å². The topological polar surface area (TPSA) is 36.7 Å². The molecule has 0 aliphatic carbocycles. The van der Waals surface area contributed by atoms with Crippen molar-refractivity contribution < 1.29 is 0 Å². The molecule has 13 heavy (non-hydrogen) atoms. The van der Waals surface area contributed by atoms with Gasteiger partial charge in [-0.3, -0.25) is 4.98 Å². The summed E-state index contributed by atoms with van der Waals surface area (Å²) in [6.45, 7) is 3.68. The average molecular weight is 304 g/mol. The van der Waals surface area contributed by atoms with Gasteiger partial charge in [-0.25, -0.2) is 0 Å². The van der Waals surface area contributed by atoms with E-state index in [2.05, 4.69) is 42.9 Å². The van der Waals surface area contributed by atoms with Gasteiger partial charge in [-0.2, -0.15) is 5.26 Å². The van der Waals surface area contributed by atoms with Gasteiger partial charge in [0.2, 0.25) is 0 Å². The first-order chi connectivity index (χ1) is 5.97. The molecule has 4 heteroatoms. The van der Waals surface area contributed by atoms with Crippen LogP contribution in [0.1, 0.15) is 19.5 Å². The molecule has 68 valence electrons. The molecule has 2 nitrogen and oxygen atoms in total. The Bertz CT molecular complexity index is 366. The van der Waals surface area contributed by atoms with Crippen LogP contribution in [0.2, 0.25) is 0 Å². The van der Waals surface area contributed by atoms with Crippen molar-refractivity contribution in [1.82, 2.24) is 4.98 Å². The second-order valence-corrected chi connectivity index (χ2v) is 4.99. The van der Waals surface area contributed by atoms with Crippen molar-refractivity contribution in [2.75, 3.05) is 0 Å². The fourth-order valence-electron chi connectivity index (χ4n) is 0.927. The van der Waals surface area contributed by atoms with Crippen LogP contribution < -0.4 is 0 Å². The van der Waals surface area contributed by atoms with Gasteiger partial charge in [0.15, 0.2) is 0 Å². The predicted octanol–water partition coefficient (Wildman–Crippen LogP) is 3.41. The highest BCUT2D eigenvalue weighted by Gasteiger charge is 2.24. The van der Waals surface area contributed by atoms with Crippen LogP contribution in [0.3, 0.4) is 0 Å². The Morgan fingerprint density at radius 1 is 1.46 bits per heavy atom. The van der Waals surface area contributed by atoms with Gasteiger partial charge in [0.05, 0.1) is 17.2 Å². The third kappa shape index (κ3) is 2.29. The summed E-state index contributed by atoms with van der Waals surface area (Å²) in [5.41, 5.74) is 0.206. The predicted molar refractivity (Wildman–Crippen MR) is 58.3 cm³/mol. The van der Waals surface area contributed by atoms with Crippen molar-refractivity contribution in [3.63, 3.8) is 0 Å². The molecule has 1 heterocycles. The molecule has 0 saturated carbocycles. The van der Waals surface area contributed by atoms with Crippen LogP contribution in [0.4, 0.5) is 0 Å². The Morgan fingerprint density at radius 2 is 2.08 bits per heavy atom. The molecule has 0 N–H and O–H groups in total. The highest BCUT2D eigenvalue weighted by molar-refractivity contribution is 9.11. The summed E-state index contributed by atoms with van der Waals surface area (Å²) >= 11 is 6.69. The van der Waals surface area contributed by atoms with Gasteiger partial charge in [-0.15, -0.1) is 0 Å². The van der Waals surface area contributed by atoms with E-state index in [4.69, 9.17) is 5.26 Å². The van der Waals surface area contributed by atoms with Crippen molar-refractivity contribution in [3.05, 3.63) is 26.9 Å². The van der Waals surface area contributed by atoms with Crippen LogP contribution in [-0.2, 0) is 5.41 Å². The summed E-state index contributed by atoms with van der Waals surface area (Å²) in [7, 11) is 0. The van der Waals surface area contributed by atoms with Crippen molar-refractivity contribution in [3.8, 4) is 6.07 Å². The Balaban J connectivity index is 3.26. The molecule has 1 rings (SSSR count). The summed E-state index contributed by atoms with van der Waals surface area (Å²) in [5, 5.41) is 8.92. The SMILES string of the molecule is CC(C)(C#N)c1ncc(Br)cc1Br. The van der Waals surface area contributed by atoms with E-state index in [0.29, 0.717) is 0 Å². The number of rotatable bonds is 1. The smallest absolute Gasteiger partial charge is 0.0948 e. The molecular weight excluding hydrogens is 296 g/mol. The fourth-order valence-corrected chi connectivity index (χ4v) is 2.41. The molecule has 0 radical (unpaired) electrons. The van der Waals surface area contributed by atoms with Crippen LogP contribution in [0.5, 0.6) is 0 Å². The number of nitriles is 1. The minimum absolute atomic E-state index is 0.556. The average Bonchev–Trinajstić information content (AvgIpc) is 2.03. The van der Waals surface area contributed by atoms with Crippen molar-refractivity contribution in [1.29, 1.82) is 5.26 Å².